The number of amides is 4. The molecule has 3 aromatic carbocycles. The molecule has 0 atom stereocenters. The lowest BCUT2D eigenvalue weighted by atomic mass is 10.1. The maximum absolute atomic E-state index is 13.2. The lowest BCUT2D eigenvalue weighted by Gasteiger charge is -2.26. The van der Waals surface area contributed by atoms with E-state index in [0.29, 0.717) is 35.0 Å². The molecule has 3 aromatic rings. The largest absolute Gasteiger partial charge is 0.494 e. The van der Waals surface area contributed by atoms with E-state index in [4.69, 9.17) is 14.2 Å². The number of benzene rings is 3. The Morgan fingerprint density at radius 1 is 0.975 bits per heavy atom. The second kappa shape index (κ2) is 12.6. The smallest absolute Gasteiger partial charge is 0.335 e. The average Bonchev–Trinajstić information content (AvgIpc) is 2.95. The van der Waals surface area contributed by atoms with Gasteiger partial charge in [0.1, 0.15) is 17.9 Å². The summed E-state index contributed by atoms with van der Waals surface area (Å²) in [7, 11) is 1.43. The van der Waals surface area contributed by atoms with Crippen molar-refractivity contribution in [2.75, 3.05) is 18.6 Å². The van der Waals surface area contributed by atoms with Crippen LogP contribution in [0.25, 0.3) is 6.08 Å². The quantitative estimate of drug-likeness (QED) is 0.116. The molecule has 1 saturated heterocycles. The number of nitro groups is 1. The van der Waals surface area contributed by atoms with Crippen molar-refractivity contribution < 1.29 is 33.5 Å². The minimum Gasteiger partial charge on any atom is -0.494 e. The van der Waals surface area contributed by atoms with Gasteiger partial charge in [0.2, 0.25) is 0 Å². The molecule has 11 heteroatoms. The maximum atomic E-state index is 13.2. The molecule has 4 amide bonds. The summed E-state index contributed by atoms with van der Waals surface area (Å²) in [6.07, 6.45) is 3.25. The van der Waals surface area contributed by atoms with E-state index in [0.717, 1.165) is 17.7 Å². The molecule has 0 saturated carbocycles. The number of rotatable bonds is 11. The van der Waals surface area contributed by atoms with Crippen LogP contribution in [-0.2, 0) is 16.2 Å². The molecule has 0 bridgehead atoms. The van der Waals surface area contributed by atoms with Gasteiger partial charge in [-0.25, -0.2) is 9.69 Å². The number of carbonyl (C=O) groups excluding carboxylic acids is 3. The second-order valence-electron chi connectivity index (χ2n) is 8.78. The van der Waals surface area contributed by atoms with Gasteiger partial charge in [-0.15, -0.1) is 0 Å². The zero-order chi connectivity index (χ0) is 28.6. The van der Waals surface area contributed by atoms with Crippen LogP contribution in [-0.4, -0.2) is 36.5 Å². The molecule has 1 aliphatic heterocycles. The van der Waals surface area contributed by atoms with Crippen LogP contribution in [0.3, 0.4) is 0 Å². The predicted octanol–water partition coefficient (Wildman–Crippen LogP) is 5.03. The van der Waals surface area contributed by atoms with E-state index in [1.165, 1.54) is 25.3 Å². The fraction of sp³-hybridized carbons (Fsp3) is 0.207. The SMILES string of the molecule is CCCCOc1ccc(N2C(=O)NC(=O)/C(=C/c3ccc(OCc4cccc([N+](=O)[O-])c4)c(OC)c3)C2=O)cc1. The lowest BCUT2D eigenvalue weighted by molar-refractivity contribution is -0.384. The first-order valence-electron chi connectivity index (χ1n) is 12.5. The predicted molar refractivity (Wildman–Crippen MR) is 146 cm³/mol. The number of carbonyl (C=O) groups is 3. The van der Waals surface area contributed by atoms with E-state index in [1.807, 2.05) is 0 Å². The first-order chi connectivity index (χ1) is 19.3. The Bertz CT molecular complexity index is 1470. The van der Waals surface area contributed by atoms with Gasteiger partial charge in [0.25, 0.3) is 17.5 Å². The fourth-order valence-corrected chi connectivity index (χ4v) is 3.90. The van der Waals surface area contributed by atoms with Crippen LogP contribution in [0.4, 0.5) is 16.2 Å². The zero-order valence-corrected chi connectivity index (χ0v) is 21.9. The summed E-state index contributed by atoms with van der Waals surface area (Å²) < 4.78 is 16.8. The van der Waals surface area contributed by atoms with Gasteiger partial charge in [0.15, 0.2) is 11.5 Å². The van der Waals surface area contributed by atoms with Gasteiger partial charge in [-0.2, -0.15) is 0 Å². The summed E-state index contributed by atoms with van der Waals surface area (Å²) in [6, 6.07) is 16.5. The van der Waals surface area contributed by atoms with Crippen molar-refractivity contribution in [2.24, 2.45) is 0 Å². The molecular weight excluding hydrogens is 518 g/mol. The standard InChI is InChI=1S/C29H27N3O8/c1-3-4-14-39-23-11-9-21(10-12-23)31-28(34)24(27(33)30-29(31)35)16-19-8-13-25(26(17-19)38-2)40-18-20-6-5-7-22(15-20)32(36)37/h5-13,15-17H,3-4,14,18H2,1-2H3,(H,30,33,35)/b24-16-. The minimum absolute atomic E-state index is 0.0470. The van der Waals surface area contributed by atoms with Crippen LogP contribution in [0.15, 0.2) is 72.3 Å². The number of anilines is 1. The second-order valence-corrected chi connectivity index (χ2v) is 8.78. The van der Waals surface area contributed by atoms with Crippen LogP contribution >= 0.6 is 0 Å². The molecule has 206 valence electrons. The first-order valence-corrected chi connectivity index (χ1v) is 12.5. The monoisotopic (exact) mass is 545 g/mol. The van der Waals surface area contributed by atoms with Crippen molar-refractivity contribution in [3.63, 3.8) is 0 Å². The summed E-state index contributed by atoms with van der Waals surface area (Å²) in [5.74, 6) is -0.327. The van der Waals surface area contributed by atoms with Gasteiger partial charge < -0.3 is 14.2 Å². The highest BCUT2D eigenvalue weighted by Crippen LogP contribution is 2.31. The molecule has 1 aliphatic rings. The number of barbiturate groups is 1. The van der Waals surface area contributed by atoms with Crippen LogP contribution in [0, 0.1) is 10.1 Å². The van der Waals surface area contributed by atoms with Crippen LogP contribution in [0.1, 0.15) is 30.9 Å². The highest BCUT2D eigenvalue weighted by Gasteiger charge is 2.36. The molecule has 1 heterocycles. The van der Waals surface area contributed by atoms with E-state index in [1.54, 1.807) is 54.6 Å². The van der Waals surface area contributed by atoms with Crippen molar-refractivity contribution >= 4 is 35.3 Å². The zero-order valence-electron chi connectivity index (χ0n) is 21.9. The third kappa shape index (κ3) is 6.44. The Hall–Kier alpha value is -5.19. The van der Waals surface area contributed by atoms with E-state index >= 15 is 0 Å². The Balaban J connectivity index is 1.52. The number of nitro benzene ring substituents is 1. The van der Waals surface area contributed by atoms with Crippen molar-refractivity contribution in [2.45, 2.75) is 26.4 Å². The van der Waals surface area contributed by atoms with Crippen LogP contribution in [0.2, 0.25) is 0 Å². The van der Waals surface area contributed by atoms with Crippen LogP contribution in [0.5, 0.6) is 17.2 Å². The molecule has 0 unspecified atom stereocenters. The number of hydrogen-bond acceptors (Lipinski definition) is 8. The number of methoxy groups -OCH3 is 1. The van der Waals surface area contributed by atoms with Gasteiger partial charge in [-0.05, 0) is 60.0 Å². The third-order valence-corrected chi connectivity index (χ3v) is 5.98. The normalized spacial score (nSPS) is 14.2. The lowest BCUT2D eigenvalue weighted by Crippen LogP contribution is -2.54. The molecule has 11 nitrogen and oxygen atoms in total. The van der Waals surface area contributed by atoms with Crippen molar-refractivity contribution in [3.8, 4) is 17.2 Å². The molecule has 1 N–H and O–H groups in total. The minimum atomic E-state index is -0.853. The molecule has 1 fully saturated rings. The summed E-state index contributed by atoms with van der Waals surface area (Å²) in [4.78, 5) is 49.8. The number of urea groups is 1. The maximum Gasteiger partial charge on any atom is 0.335 e. The van der Waals surface area contributed by atoms with Crippen molar-refractivity contribution in [1.29, 1.82) is 0 Å². The molecule has 0 aromatic heterocycles. The molecule has 0 spiro atoms. The molecule has 4 rings (SSSR count). The Morgan fingerprint density at radius 3 is 2.45 bits per heavy atom. The number of nitrogens with zero attached hydrogens (tertiary/aromatic N) is 2. The van der Waals surface area contributed by atoms with E-state index in [9.17, 15) is 24.5 Å². The van der Waals surface area contributed by atoms with Gasteiger partial charge in [-0.3, -0.25) is 25.0 Å². The average molecular weight is 546 g/mol. The van der Waals surface area contributed by atoms with Crippen molar-refractivity contribution in [3.05, 3.63) is 93.5 Å². The summed E-state index contributed by atoms with van der Waals surface area (Å²) >= 11 is 0. The molecule has 0 aliphatic carbocycles. The number of non-ortho nitro benzene ring substituents is 1. The van der Waals surface area contributed by atoms with Gasteiger partial charge in [0.05, 0.1) is 24.3 Å². The number of hydrogen-bond donors (Lipinski definition) is 1. The van der Waals surface area contributed by atoms with Gasteiger partial charge in [-0.1, -0.05) is 31.5 Å². The molecule has 0 radical (unpaired) electrons. The Kier molecular flexibility index (Phi) is 8.75. The van der Waals surface area contributed by atoms with Gasteiger partial charge >= 0.3 is 6.03 Å². The summed E-state index contributed by atoms with van der Waals surface area (Å²) in [6.45, 7) is 2.67. The topological polar surface area (TPSA) is 137 Å². The summed E-state index contributed by atoms with van der Waals surface area (Å²) in [5, 5.41) is 13.2. The van der Waals surface area contributed by atoms with Crippen LogP contribution < -0.4 is 24.4 Å². The molecule has 40 heavy (non-hydrogen) atoms. The first kappa shape index (κ1) is 27.8. The highest BCUT2D eigenvalue weighted by atomic mass is 16.6. The number of ether oxygens (including phenoxy) is 3. The molecular formula is C29H27N3O8. The van der Waals surface area contributed by atoms with Crippen molar-refractivity contribution in [1.82, 2.24) is 5.32 Å². The summed E-state index contributed by atoms with van der Waals surface area (Å²) in [5.41, 5.74) is 1.04. The fourth-order valence-electron chi connectivity index (χ4n) is 3.90. The third-order valence-electron chi connectivity index (χ3n) is 5.98. The number of unbranched alkanes of at least 4 members (excludes halogenated alkanes) is 1. The Morgan fingerprint density at radius 2 is 1.75 bits per heavy atom. The van der Waals surface area contributed by atoms with Gasteiger partial charge in [0, 0.05) is 12.1 Å². The Labute approximate surface area is 230 Å². The number of imide groups is 2. The van der Waals surface area contributed by atoms with E-state index in [-0.39, 0.29) is 23.6 Å². The van der Waals surface area contributed by atoms with E-state index < -0.39 is 22.8 Å². The number of nitrogens with one attached hydrogen (secondary N) is 1. The highest BCUT2D eigenvalue weighted by molar-refractivity contribution is 6.39. The van der Waals surface area contributed by atoms with E-state index in [2.05, 4.69) is 12.2 Å².